The maximum absolute atomic E-state index is 13.8. The number of hydrogen-bond acceptors (Lipinski definition) is 3. The van der Waals surface area contributed by atoms with Crippen LogP contribution in [0.4, 0.5) is 8.78 Å². The van der Waals surface area contributed by atoms with E-state index in [0.29, 0.717) is 12.1 Å². The summed E-state index contributed by atoms with van der Waals surface area (Å²) in [5.74, 6) is -1.18. The number of hydrogen-bond donors (Lipinski definition) is 0. The standard InChI is InChI=1S/C12H11F2N3O/c1-8-12(18-8,5-17-6-15-16-7-17)10-3-2-9(13)4-11(10)14/h2-4,6-8H,5H2,1H3. The van der Waals surface area contributed by atoms with E-state index < -0.39 is 17.2 Å². The average molecular weight is 251 g/mol. The molecule has 3 rings (SSSR count). The van der Waals surface area contributed by atoms with Gasteiger partial charge in [0.2, 0.25) is 0 Å². The molecule has 6 heteroatoms. The van der Waals surface area contributed by atoms with Crippen LogP contribution in [0.5, 0.6) is 0 Å². The van der Waals surface area contributed by atoms with Crippen LogP contribution in [-0.4, -0.2) is 20.9 Å². The molecular weight excluding hydrogens is 240 g/mol. The number of aromatic nitrogens is 3. The van der Waals surface area contributed by atoms with Crippen molar-refractivity contribution in [2.45, 2.75) is 25.2 Å². The Kier molecular flexibility index (Phi) is 2.41. The molecule has 0 N–H and O–H groups in total. The summed E-state index contributed by atoms with van der Waals surface area (Å²) in [4.78, 5) is 0. The molecule has 1 saturated heterocycles. The van der Waals surface area contributed by atoms with Gasteiger partial charge in [0.05, 0.1) is 12.6 Å². The van der Waals surface area contributed by atoms with Crippen molar-refractivity contribution >= 4 is 0 Å². The van der Waals surface area contributed by atoms with Crippen molar-refractivity contribution in [3.63, 3.8) is 0 Å². The van der Waals surface area contributed by atoms with E-state index >= 15 is 0 Å². The molecule has 4 nitrogen and oxygen atoms in total. The molecule has 0 amide bonds. The van der Waals surface area contributed by atoms with Gasteiger partial charge in [-0.3, -0.25) is 0 Å². The monoisotopic (exact) mass is 251 g/mol. The number of halogens is 2. The summed E-state index contributed by atoms with van der Waals surface area (Å²) in [6, 6.07) is 3.54. The number of nitrogens with zero attached hydrogens (tertiary/aromatic N) is 3. The summed E-state index contributed by atoms with van der Waals surface area (Å²) >= 11 is 0. The fourth-order valence-electron chi connectivity index (χ4n) is 2.22. The quantitative estimate of drug-likeness (QED) is 0.782. The average Bonchev–Trinajstić information content (AvgIpc) is 2.75. The second-order valence-corrected chi connectivity index (χ2v) is 4.41. The van der Waals surface area contributed by atoms with E-state index in [9.17, 15) is 8.78 Å². The van der Waals surface area contributed by atoms with Crippen molar-refractivity contribution in [2.24, 2.45) is 0 Å². The van der Waals surface area contributed by atoms with E-state index in [1.54, 1.807) is 4.57 Å². The van der Waals surface area contributed by atoms with Crippen LogP contribution in [0, 0.1) is 11.6 Å². The predicted octanol–water partition coefficient (Wildman–Crippen LogP) is 1.87. The molecule has 2 unspecified atom stereocenters. The highest BCUT2D eigenvalue weighted by molar-refractivity contribution is 5.31. The van der Waals surface area contributed by atoms with Crippen molar-refractivity contribution in [3.8, 4) is 0 Å². The third-order valence-electron chi connectivity index (χ3n) is 3.26. The zero-order valence-corrected chi connectivity index (χ0v) is 9.68. The molecule has 0 radical (unpaired) electrons. The maximum Gasteiger partial charge on any atom is 0.140 e. The first-order chi connectivity index (χ1) is 8.62. The van der Waals surface area contributed by atoms with Crippen LogP contribution in [0.2, 0.25) is 0 Å². The fourth-order valence-corrected chi connectivity index (χ4v) is 2.22. The van der Waals surface area contributed by atoms with E-state index in [2.05, 4.69) is 10.2 Å². The lowest BCUT2D eigenvalue weighted by Crippen LogP contribution is -2.21. The van der Waals surface area contributed by atoms with Gasteiger partial charge in [-0.15, -0.1) is 10.2 Å². The first kappa shape index (κ1) is 11.3. The minimum atomic E-state index is -0.750. The fraction of sp³-hybridized carbons (Fsp3) is 0.333. The number of ether oxygens (including phenoxy) is 1. The molecule has 1 fully saturated rings. The van der Waals surface area contributed by atoms with Crippen LogP contribution in [-0.2, 0) is 16.9 Å². The Balaban J connectivity index is 1.97. The van der Waals surface area contributed by atoms with Crippen LogP contribution >= 0.6 is 0 Å². The van der Waals surface area contributed by atoms with Crippen molar-refractivity contribution < 1.29 is 13.5 Å². The van der Waals surface area contributed by atoms with Crippen LogP contribution in [0.3, 0.4) is 0 Å². The van der Waals surface area contributed by atoms with Crippen molar-refractivity contribution in [3.05, 3.63) is 48.1 Å². The molecule has 0 saturated carbocycles. The van der Waals surface area contributed by atoms with Crippen LogP contribution < -0.4 is 0 Å². The third-order valence-corrected chi connectivity index (χ3v) is 3.26. The normalized spacial score (nSPS) is 26.3. The molecule has 2 atom stereocenters. The second-order valence-electron chi connectivity index (χ2n) is 4.41. The van der Waals surface area contributed by atoms with Gasteiger partial charge in [0.25, 0.3) is 0 Å². The molecule has 1 aromatic carbocycles. The molecule has 0 spiro atoms. The van der Waals surface area contributed by atoms with E-state index in [0.717, 1.165) is 6.07 Å². The Bertz CT molecular complexity index is 573. The zero-order valence-electron chi connectivity index (χ0n) is 9.68. The van der Waals surface area contributed by atoms with Gasteiger partial charge in [0, 0.05) is 11.6 Å². The Morgan fingerprint density at radius 1 is 1.33 bits per heavy atom. The van der Waals surface area contributed by atoms with E-state index in [1.807, 2.05) is 6.92 Å². The molecule has 0 aliphatic carbocycles. The summed E-state index contributed by atoms with van der Waals surface area (Å²) < 4.78 is 34.0. The summed E-state index contributed by atoms with van der Waals surface area (Å²) in [6.07, 6.45) is 2.95. The van der Waals surface area contributed by atoms with Crippen LogP contribution in [0.25, 0.3) is 0 Å². The molecule has 1 aliphatic rings. The van der Waals surface area contributed by atoms with Gasteiger partial charge in [0.15, 0.2) is 0 Å². The highest BCUT2D eigenvalue weighted by Crippen LogP contribution is 2.48. The first-order valence-corrected chi connectivity index (χ1v) is 5.57. The van der Waals surface area contributed by atoms with Gasteiger partial charge in [-0.2, -0.15) is 0 Å². The maximum atomic E-state index is 13.8. The smallest absolute Gasteiger partial charge is 0.140 e. The van der Waals surface area contributed by atoms with Gasteiger partial charge < -0.3 is 9.30 Å². The topological polar surface area (TPSA) is 43.2 Å². The van der Waals surface area contributed by atoms with E-state index in [4.69, 9.17) is 4.74 Å². The summed E-state index contributed by atoms with van der Waals surface area (Å²) in [5.41, 5.74) is -0.384. The molecule has 94 valence electrons. The van der Waals surface area contributed by atoms with Crippen molar-refractivity contribution in [1.29, 1.82) is 0 Å². The number of rotatable bonds is 3. The minimum absolute atomic E-state index is 0.125. The second kappa shape index (κ2) is 3.84. The van der Waals surface area contributed by atoms with Gasteiger partial charge in [-0.1, -0.05) is 6.07 Å². The van der Waals surface area contributed by atoms with E-state index in [1.165, 1.54) is 24.8 Å². The van der Waals surface area contributed by atoms with Crippen LogP contribution in [0.15, 0.2) is 30.9 Å². The first-order valence-electron chi connectivity index (χ1n) is 5.57. The molecule has 1 aliphatic heterocycles. The molecule has 2 heterocycles. The van der Waals surface area contributed by atoms with Gasteiger partial charge in [-0.05, 0) is 13.0 Å². The molecule has 18 heavy (non-hydrogen) atoms. The van der Waals surface area contributed by atoms with Gasteiger partial charge in [0.1, 0.15) is 29.9 Å². The zero-order chi connectivity index (χ0) is 12.8. The Labute approximate surface area is 102 Å². The lowest BCUT2D eigenvalue weighted by atomic mass is 9.95. The predicted molar refractivity (Wildman–Crippen MR) is 58.6 cm³/mol. The number of epoxide rings is 1. The van der Waals surface area contributed by atoms with E-state index in [-0.39, 0.29) is 6.10 Å². The highest BCUT2D eigenvalue weighted by atomic mass is 19.1. The highest BCUT2D eigenvalue weighted by Gasteiger charge is 2.56. The Hall–Kier alpha value is -1.82. The third kappa shape index (κ3) is 1.69. The lowest BCUT2D eigenvalue weighted by molar-refractivity contribution is 0.264. The molecule has 1 aromatic heterocycles. The lowest BCUT2D eigenvalue weighted by Gasteiger charge is -2.14. The van der Waals surface area contributed by atoms with Crippen molar-refractivity contribution in [2.75, 3.05) is 0 Å². The Morgan fingerprint density at radius 2 is 2.00 bits per heavy atom. The van der Waals surface area contributed by atoms with Gasteiger partial charge >= 0.3 is 0 Å². The molecule has 0 bridgehead atoms. The summed E-state index contributed by atoms with van der Waals surface area (Å²) in [7, 11) is 0. The summed E-state index contributed by atoms with van der Waals surface area (Å²) in [6.45, 7) is 2.26. The Morgan fingerprint density at radius 3 is 2.56 bits per heavy atom. The minimum Gasteiger partial charge on any atom is -0.359 e. The number of benzene rings is 1. The van der Waals surface area contributed by atoms with Crippen LogP contribution in [0.1, 0.15) is 12.5 Å². The van der Waals surface area contributed by atoms with Gasteiger partial charge in [-0.25, -0.2) is 8.78 Å². The largest absolute Gasteiger partial charge is 0.359 e. The van der Waals surface area contributed by atoms with Crippen molar-refractivity contribution in [1.82, 2.24) is 14.8 Å². The molecular formula is C12H11F2N3O. The summed E-state index contributed by atoms with van der Waals surface area (Å²) in [5, 5.41) is 7.39. The SMILES string of the molecule is CC1OC1(Cn1cnnc1)c1ccc(F)cc1F. The molecule has 2 aromatic rings.